The molecule has 0 saturated heterocycles. The lowest BCUT2D eigenvalue weighted by molar-refractivity contribution is -0.140. The second-order valence-electron chi connectivity index (χ2n) is 5.64. The number of allylic oxidation sites excluding steroid dienone is 3. The molecular weight excluding hydrogens is 308 g/mol. The van der Waals surface area contributed by atoms with Gasteiger partial charge in [0.1, 0.15) is 18.2 Å². The van der Waals surface area contributed by atoms with Crippen molar-refractivity contribution in [3.05, 3.63) is 22.9 Å². The number of hydrogen-bond acceptors (Lipinski definition) is 6. The first-order valence-corrected chi connectivity index (χ1v) is 8.66. The fourth-order valence-corrected chi connectivity index (χ4v) is 2.35. The van der Waals surface area contributed by atoms with Crippen LogP contribution in [0.15, 0.2) is 22.9 Å². The van der Waals surface area contributed by atoms with E-state index in [0.717, 1.165) is 31.4 Å². The summed E-state index contributed by atoms with van der Waals surface area (Å²) in [4.78, 5) is 12.1. The van der Waals surface area contributed by atoms with Crippen LogP contribution in [0.5, 0.6) is 0 Å². The number of carbonyl (C=O) groups excluding carboxylic acids is 1. The van der Waals surface area contributed by atoms with E-state index in [1.54, 1.807) is 0 Å². The number of rotatable bonds is 11. The van der Waals surface area contributed by atoms with Gasteiger partial charge in [0.05, 0.1) is 6.61 Å². The van der Waals surface area contributed by atoms with Crippen LogP contribution in [0.2, 0.25) is 0 Å². The van der Waals surface area contributed by atoms with E-state index < -0.39 is 5.97 Å². The van der Waals surface area contributed by atoms with Crippen molar-refractivity contribution in [3.8, 4) is 6.07 Å². The van der Waals surface area contributed by atoms with Crippen LogP contribution in [0.25, 0.3) is 0 Å². The zero-order valence-corrected chi connectivity index (χ0v) is 14.5. The Bertz CT molecular complexity index is 492. The number of esters is 1. The van der Waals surface area contributed by atoms with E-state index in [4.69, 9.17) is 14.6 Å². The number of nitrogens with one attached hydrogen (secondary N) is 1. The van der Waals surface area contributed by atoms with Gasteiger partial charge >= 0.3 is 5.97 Å². The van der Waals surface area contributed by atoms with Crippen molar-refractivity contribution in [1.82, 2.24) is 5.32 Å². The summed E-state index contributed by atoms with van der Waals surface area (Å²) in [5, 5.41) is 21.3. The van der Waals surface area contributed by atoms with Crippen LogP contribution in [0.4, 0.5) is 0 Å². The third-order valence-corrected chi connectivity index (χ3v) is 3.67. The maximum absolute atomic E-state index is 12.1. The van der Waals surface area contributed by atoms with Crippen molar-refractivity contribution in [3.63, 3.8) is 0 Å². The van der Waals surface area contributed by atoms with Crippen molar-refractivity contribution < 1.29 is 19.4 Å². The number of unbranched alkanes of at least 4 members (excludes halogenated alkanes) is 1. The Hall–Kier alpha value is -1.84. The molecule has 1 aliphatic rings. The van der Waals surface area contributed by atoms with Gasteiger partial charge in [0.2, 0.25) is 0 Å². The van der Waals surface area contributed by atoms with E-state index in [-0.39, 0.29) is 18.8 Å². The van der Waals surface area contributed by atoms with Crippen molar-refractivity contribution in [2.75, 3.05) is 33.0 Å². The first-order chi connectivity index (χ1) is 11.7. The molecule has 0 spiro atoms. The van der Waals surface area contributed by atoms with Gasteiger partial charge in [-0.2, -0.15) is 5.26 Å². The highest BCUT2D eigenvalue weighted by molar-refractivity contribution is 5.94. The van der Waals surface area contributed by atoms with Gasteiger partial charge < -0.3 is 19.9 Å². The predicted molar refractivity (Wildman–Crippen MR) is 91.0 cm³/mol. The molecule has 0 amide bonds. The van der Waals surface area contributed by atoms with Crippen molar-refractivity contribution >= 4 is 5.97 Å². The van der Waals surface area contributed by atoms with Crippen LogP contribution in [-0.2, 0) is 14.3 Å². The number of hydrogen-bond donors (Lipinski definition) is 2. The average Bonchev–Trinajstić information content (AvgIpc) is 2.59. The van der Waals surface area contributed by atoms with Crippen LogP contribution in [0.1, 0.15) is 45.4 Å². The van der Waals surface area contributed by atoms with E-state index in [0.29, 0.717) is 38.2 Å². The van der Waals surface area contributed by atoms with Crippen LogP contribution in [0, 0.1) is 11.3 Å². The summed E-state index contributed by atoms with van der Waals surface area (Å²) in [5.74, 6) is -0.584. The summed E-state index contributed by atoms with van der Waals surface area (Å²) in [7, 11) is 0. The molecule has 134 valence electrons. The third-order valence-electron chi connectivity index (χ3n) is 3.67. The average molecular weight is 336 g/mol. The van der Waals surface area contributed by atoms with Crippen molar-refractivity contribution in [2.45, 2.75) is 45.4 Å². The molecule has 0 atom stereocenters. The molecule has 2 N–H and O–H groups in total. The molecule has 0 aromatic rings. The highest BCUT2D eigenvalue weighted by Crippen LogP contribution is 2.24. The molecule has 0 fully saturated rings. The Labute approximate surface area is 144 Å². The van der Waals surface area contributed by atoms with E-state index in [9.17, 15) is 10.1 Å². The molecule has 0 unspecified atom stereocenters. The minimum atomic E-state index is -0.584. The molecule has 0 heterocycles. The second-order valence-corrected chi connectivity index (χ2v) is 5.64. The Morgan fingerprint density at radius 1 is 1.33 bits per heavy atom. The molecule has 1 aliphatic carbocycles. The minimum Gasteiger partial charge on any atom is -0.459 e. The van der Waals surface area contributed by atoms with Gasteiger partial charge in [0.25, 0.3) is 0 Å². The van der Waals surface area contributed by atoms with Crippen LogP contribution in [0.3, 0.4) is 0 Å². The van der Waals surface area contributed by atoms with Crippen LogP contribution < -0.4 is 5.32 Å². The molecule has 0 radical (unpaired) electrons. The van der Waals surface area contributed by atoms with E-state index in [1.807, 2.05) is 12.1 Å². The van der Waals surface area contributed by atoms with Gasteiger partial charge in [0, 0.05) is 25.5 Å². The number of aliphatic hydroxyl groups is 1. The molecule has 0 saturated carbocycles. The lowest BCUT2D eigenvalue weighted by Crippen LogP contribution is -2.19. The summed E-state index contributed by atoms with van der Waals surface area (Å²) in [6.45, 7) is 4.07. The summed E-state index contributed by atoms with van der Waals surface area (Å²) >= 11 is 0. The van der Waals surface area contributed by atoms with Crippen LogP contribution in [-0.4, -0.2) is 44.0 Å². The van der Waals surface area contributed by atoms with Crippen molar-refractivity contribution in [1.29, 1.82) is 5.26 Å². The molecule has 0 aromatic carbocycles. The first kappa shape index (κ1) is 20.2. The van der Waals surface area contributed by atoms with E-state index in [1.165, 1.54) is 0 Å². The highest BCUT2D eigenvalue weighted by Gasteiger charge is 2.18. The summed E-state index contributed by atoms with van der Waals surface area (Å²) in [6.07, 6.45) is 7.03. The van der Waals surface area contributed by atoms with Gasteiger partial charge in [-0.1, -0.05) is 13.3 Å². The van der Waals surface area contributed by atoms with Gasteiger partial charge in [-0.25, -0.2) is 4.79 Å². The second kappa shape index (κ2) is 12.6. The Kier molecular flexibility index (Phi) is 10.6. The molecule has 6 nitrogen and oxygen atoms in total. The molecule has 0 aromatic heterocycles. The summed E-state index contributed by atoms with van der Waals surface area (Å²) in [5.41, 5.74) is 1.78. The lowest BCUT2D eigenvalue weighted by atomic mass is 9.95. The standard InChI is InChI=1S/C18H28N2O4/c1-2-3-10-23-11-12-24-18(22)17(14-19)15-6-4-7-16(13-15)20-8-5-9-21/h13,20-21H,2-12H2,1H3/b17-15-. The molecular formula is C18H28N2O4. The number of nitrogens with zero attached hydrogens (tertiary/aromatic N) is 1. The monoisotopic (exact) mass is 336 g/mol. The zero-order chi connectivity index (χ0) is 17.6. The van der Waals surface area contributed by atoms with Crippen LogP contribution >= 0.6 is 0 Å². The smallest absolute Gasteiger partial charge is 0.349 e. The molecule has 6 heteroatoms. The fourth-order valence-electron chi connectivity index (χ4n) is 2.35. The van der Waals surface area contributed by atoms with Gasteiger partial charge in [-0.15, -0.1) is 0 Å². The summed E-state index contributed by atoms with van der Waals surface area (Å²) < 4.78 is 10.5. The quantitative estimate of drug-likeness (QED) is 0.260. The number of ether oxygens (including phenoxy) is 2. The number of carbonyl (C=O) groups is 1. The van der Waals surface area contributed by atoms with Gasteiger partial charge in [-0.3, -0.25) is 0 Å². The van der Waals surface area contributed by atoms with Crippen molar-refractivity contribution in [2.24, 2.45) is 0 Å². The SMILES string of the molecule is CCCCOCCOC(=O)/C(C#N)=C1\C=C(NCCCO)CCC1. The highest BCUT2D eigenvalue weighted by atomic mass is 16.6. The largest absolute Gasteiger partial charge is 0.459 e. The zero-order valence-electron chi connectivity index (χ0n) is 14.5. The molecule has 0 bridgehead atoms. The fraction of sp³-hybridized carbons (Fsp3) is 0.667. The normalized spacial score (nSPS) is 16.1. The first-order valence-electron chi connectivity index (χ1n) is 8.66. The summed E-state index contributed by atoms with van der Waals surface area (Å²) in [6, 6.07) is 1.97. The Morgan fingerprint density at radius 2 is 2.17 bits per heavy atom. The maximum atomic E-state index is 12.1. The molecule has 1 rings (SSSR count). The maximum Gasteiger partial charge on any atom is 0.349 e. The number of nitriles is 1. The lowest BCUT2D eigenvalue weighted by Gasteiger charge is -2.18. The molecule has 0 aliphatic heterocycles. The molecule has 24 heavy (non-hydrogen) atoms. The topological polar surface area (TPSA) is 91.6 Å². The van der Waals surface area contributed by atoms with Gasteiger partial charge in [-0.05, 0) is 43.8 Å². The van der Waals surface area contributed by atoms with E-state index in [2.05, 4.69) is 12.2 Å². The van der Waals surface area contributed by atoms with E-state index >= 15 is 0 Å². The predicted octanol–water partition coefficient (Wildman–Crippen LogP) is 2.21. The van der Waals surface area contributed by atoms with Gasteiger partial charge in [0.15, 0.2) is 0 Å². The number of aliphatic hydroxyl groups excluding tert-OH is 1. The Balaban J connectivity index is 2.55. The minimum absolute atomic E-state index is 0.0738. The third kappa shape index (κ3) is 7.62. The Morgan fingerprint density at radius 3 is 2.88 bits per heavy atom.